The minimum atomic E-state index is -0.801. The highest BCUT2D eigenvalue weighted by Crippen LogP contribution is 2.54. The maximum Gasteiger partial charge on any atom is 0.196 e. The van der Waals surface area contributed by atoms with E-state index in [-0.39, 0.29) is 16.5 Å². The highest BCUT2D eigenvalue weighted by molar-refractivity contribution is 5.19. The van der Waals surface area contributed by atoms with Gasteiger partial charge in [0.2, 0.25) is 0 Å². The van der Waals surface area contributed by atoms with Crippen LogP contribution in [0.25, 0.3) is 0 Å². The SMILES string of the molecule is CCC(C)(CC)C(CC)(NC)C(NC)(OC(CC)(CC)C(NC)(N(C)C)C(C)(C(C)C)[N+](C)(C)C)N(C)C. The van der Waals surface area contributed by atoms with Crippen molar-refractivity contribution >= 4 is 0 Å². The first-order valence-corrected chi connectivity index (χ1v) is 15.2. The van der Waals surface area contributed by atoms with Gasteiger partial charge >= 0.3 is 0 Å². The Hall–Kier alpha value is -0.280. The molecule has 0 aromatic rings. The third kappa shape index (κ3) is 5.01. The molecule has 0 rings (SSSR count). The quantitative estimate of drug-likeness (QED) is 0.171. The zero-order valence-corrected chi connectivity index (χ0v) is 29.4. The number of nitrogens with one attached hydrogen (secondary N) is 3. The van der Waals surface area contributed by atoms with Crippen LogP contribution in [0, 0.1) is 11.3 Å². The van der Waals surface area contributed by atoms with Gasteiger partial charge in [0.25, 0.3) is 0 Å². The van der Waals surface area contributed by atoms with Gasteiger partial charge in [0.05, 0.1) is 26.7 Å². The van der Waals surface area contributed by atoms with Gasteiger partial charge in [0.15, 0.2) is 11.5 Å². The second-order valence-corrected chi connectivity index (χ2v) is 13.5. The van der Waals surface area contributed by atoms with Gasteiger partial charge in [-0.1, -0.05) is 55.4 Å². The minimum absolute atomic E-state index is 0.0289. The minimum Gasteiger partial charge on any atom is -0.335 e. The van der Waals surface area contributed by atoms with Crippen molar-refractivity contribution in [1.29, 1.82) is 0 Å². The molecule has 38 heavy (non-hydrogen) atoms. The molecule has 0 heterocycles. The van der Waals surface area contributed by atoms with E-state index in [1.807, 2.05) is 0 Å². The lowest BCUT2D eigenvalue weighted by Crippen LogP contribution is -2.89. The molecule has 0 aliphatic heterocycles. The number of nitrogens with zero attached hydrogens (tertiary/aromatic N) is 3. The summed E-state index contributed by atoms with van der Waals surface area (Å²) >= 11 is 0. The van der Waals surface area contributed by atoms with Crippen molar-refractivity contribution in [3.63, 3.8) is 0 Å². The Balaban J connectivity index is 8.17. The fourth-order valence-corrected chi connectivity index (χ4v) is 8.59. The molecule has 0 aliphatic carbocycles. The smallest absolute Gasteiger partial charge is 0.196 e. The van der Waals surface area contributed by atoms with Gasteiger partial charge in [-0.25, -0.2) is 0 Å². The highest BCUT2D eigenvalue weighted by Gasteiger charge is 2.72. The van der Waals surface area contributed by atoms with Gasteiger partial charge in [0, 0.05) is 5.92 Å². The largest absolute Gasteiger partial charge is 0.335 e. The van der Waals surface area contributed by atoms with Crippen LogP contribution in [0.15, 0.2) is 0 Å². The molecule has 4 atom stereocenters. The van der Waals surface area contributed by atoms with Crippen LogP contribution in [0.2, 0.25) is 0 Å². The second-order valence-electron chi connectivity index (χ2n) is 13.5. The molecular formula is C31H71N6O+. The Morgan fingerprint density at radius 2 is 1.13 bits per heavy atom. The Morgan fingerprint density at radius 1 is 0.684 bits per heavy atom. The molecule has 3 N–H and O–H groups in total. The van der Waals surface area contributed by atoms with Crippen molar-refractivity contribution in [3.8, 4) is 0 Å². The summed E-state index contributed by atoms with van der Waals surface area (Å²) in [4.78, 5) is 4.69. The standard InChI is InChI=1S/C31H71N6O/c1-20-26(8,21-2)29(24-5,32-10)31(34-12,36(15)16)38-28(22-3,23-4)30(33-11,35(13)14)27(9,25(6)7)37(17,18)19/h25,32-34H,20-24H2,1-19H3/q+1. The van der Waals surface area contributed by atoms with Crippen molar-refractivity contribution in [2.75, 3.05) is 70.5 Å². The maximum atomic E-state index is 7.98. The van der Waals surface area contributed by atoms with Crippen LogP contribution in [-0.4, -0.2) is 113 Å². The predicted molar refractivity (Wildman–Crippen MR) is 167 cm³/mol. The zero-order valence-electron chi connectivity index (χ0n) is 29.4. The van der Waals surface area contributed by atoms with Crippen LogP contribution in [0.4, 0.5) is 0 Å². The molecule has 7 heteroatoms. The van der Waals surface area contributed by atoms with E-state index in [1.165, 1.54) is 0 Å². The molecule has 7 nitrogen and oxygen atoms in total. The summed E-state index contributed by atoms with van der Waals surface area (Å²) in [6.45, 7) is 21.1. The summed E-state index contributed by atoms with van der Waals surface area (Å²) in [6, 6.07) is 0. The van der Waals surface area contributed by atoms with E-state index < -0.39 is 17.1 Å². The van der Waals surface area contributed by atoms with Gasteiger partial charge in [-0.15, -0.1) is 0 Å². The molecule has 4 unspecified atom stereocenters. The molecule has 0 aromatic carbocycles. The zero-order chi connectivity index (χ0) is 30.6. The van der Waals surface area contributed by atoms with Gasteiger partial charge in [-0.05, 0) is 93.8 Å². The Kier molecular flexibility index (Phi) is 13.0. The van der Waals surface area contributed by atoms with Crippen molar-refractivity contribution in [1.82, 2.24) is 25.8 Å². The number of rotatable bonds is 18. The van der Waals surface area contributed by atoms with Crippen LogP contribution in [0.5, 0.6) is 0 Å². The van der Waals surface area contributed by atoms with E-state index in [4.69, 9.17) is 4.74 Å². The third-order valence-electron chi connectivity index (χ3n) is 11.5. The van der Waals surface area contributed by atoms with Crippen LogP contribution in [-0.2, 0) is 4.74 Å². The fraction of sp³-hybridized carbons (Fsp3) is 1.00. The Labute approximate surface area is 239 Å². The predicted octanol–water partition coefficient (Wildman–Crippen LogP) is 4.79. The van der Waals surface area contributed by atoms with Crippen molar-refractivity contribution in [3.05, 3.63) is 0 Å². The molecule has 0 aliphatic rings. The normalized spacial score (nSPS) is 20.4. The topological polar surface area (TPSA) is 51.8 Å². The summed E-state index contributed by atoms with van der Waals surface area (Å²) in [6.07, 6.45) is 4.69. The molecule has 0 fully saturated rings. The van der Waals surface area contributed by atoms with E-state index in [9.17, 15) is 0 Å². The summed E-state index contributed by atoms with van der Waals surface area (Å²) in [5.74, 6) is -0.442. The number of quaternary nitrogens is 1. The van der Waals surface area contributed by atoms with Gasteiger partial charge in [-0.3, -0.25) is 20.4 Å². The van der Waals surface area contributed by atoms with Crippen molar-refractivity contribution < 1.29 is 9.22 Å². The number of ether oxygens (including phenoxy) is 1. The monoisotopic (exact) mass is 544 g/mol. The molecule has 0 amide bonds. The number of hydrogen-bond donors (Lipinski definition) is 3. The molecular weight excluding hydrogens is 472 g/mol. The summed E-state index contributed by atoms with van der Waals surface area (Å²) in [5, 5.41) is 11.6. The van der Waals surface area contributed by atoms with Crippen molar-refractivity contribution in [2.45, 2.75) is 123 Å². The highest BCUT2D eigenvalue weighted by atomic mass is 16.6. The van der Waals surface area contributed by atoms with E-state index in [0.717, 1.165) is 36.6 Å². The van der Waals surface area contributed by atoms with Crippen molar-refractivity contribution in [2.24, 2.45) is 11.3 Å². The summed E-state index contributed by atoms with van der Waals surface area (Å²) in [5.41, 5.74) is -1.72. The van der Waals surface area contributed by atoms with Crippen LogP contribution in [0.3, 0.4) is 0 Å². The maximum absolute atomic E-state index is 7.98. The molecule has 0 saturated heterocycles. The Bertz CT molecular complexity index is 706. The molecule has 0 aromatic heterocycles. The lowest BCUT2D eigenvalue weighted by molar-refractivity contribution is -0.935. The first-order valence-electron chi connectivity index (χ1n) is 15.2. The molecule has 0 saturated carbocycles. The first kappa shape index (κ1) is 37.7. The molecule has 0 bridgehead atoms. The van der Waals surface area contributed by atoms with Crippen LogP contribution >= 0.6 is 0 Å². The number of likely N-dealkylation sites (N-methyl/N-ethyl adjacent to an activating group) is 6. The molecule has 0 spiro atoms. The fourth-order valence-electron chi connectivity index (χ4n) is 8.59. The van der Waals surface area contributed by atoms with E-state index in [2.05, 4.69) is 159 Å². The Morgan fingerprint density at radius 3 is 1.32 bits per heavy atom. The van der Waals surface area contributed by atoms with Crippen LogP contribution in [0.1, 0.15) is 94.4 Å². The van der Waals surface area contributed by atoms with E-state index in [0.29, 0.717) is 5.92 Å². The third-order valence-corrected chi connectivity index (χ3v) is 11.5. The van der Waals surface area contributed by atoms with Crippen LogP contribution < -0.4 is 16.0 Å². The van der Waals surface area contributed by atoms with E-state index >= 15 is 0 Å². The summed E-state index contributed by atoms with van der Waals surface area (Å²) < 4.78 is 8.77. The first-order chi connectivity index (χ1) is 17.3. The van der Waals surface area contributed by atoms with Gasteiger partial charge in [-0.2, -0.15) is 0 Å². The van der Waals surface area contributed by atoms with Gasteiger partial charge < -0.3 is 14.5 Å². The lowest BCUT2D eigenvalue weighted by Gasteiger charge is -2.69. The molecule has 0 radical (unpaired) electrons. The molecule has 230 valence electrons. The van der Waals surface area contributed by atoms with E-state index in [1.54, 1.807) is 0 Å². The lowest BCUT2D eigenvalue weighted by atomic mass is 9.61. The average Bonchev–Trinajstić information content (AvgIpc) is 2.86. The summed E-state index contributed by atoms with van der Waals surface area (Å²) in [7, 11) is 22.1. The number of hydrogen-bond acceptors (Lipinski definition) is 6. The second kappa shape index (κ2) is 13.1. The average molecular weight is 544 g/mol. The van der Waals surface area contributed by atoms with Gasteiger partial charge in [0.1, 0.15) is 11.1 Å².